The Morgan fingerprint density at radius 3 is 3.00 bits per heavy atom. The summed E-state index contributed by atoms with van der Waals surface area (Å²) in [5.74, 6) is 1.71. The Morgan fingerprint density at radius 2 is 2.27 bits per heavy atom. The van der Waals surface area contributed by atoms with Gasteiger partial charge in [0.05, 0.1) is 12.3 Å². The molecule has 4 nitrogen and oxygen atoms in total. The normalized spacial score (nSPS) is 22.8. The van der Waals surface area contributed by atoms with Crippen molar-refractivity contribution in [2.24, 2.45) is 5.92 Å². The molecule has 1 amide bonds. The third kappa shape index (κ3) is 3.11. The van der Waals surface area contributed by atoms with E-state index in [1.807, 2.05) is 26.0 Å². The minimum absolute atomic E-state index is 0.0487. The number of fused-ring (bicyclic) bond motifs is 1. The third-order valence-corrected chi connectivity index (χ3v) is 4.20. The summed E-state index contributed by atoms with van der Waals surface area (Å²) in [4.78, 5) is 12.4. The van der Waals surface area contributed by atoms with Gasteiger partial charge in [0.1, 0.15) is 17.6 Å². The number of rotatable bonds is 4. The summed E-state index contributed by atoms with van der Waals surface area (Å²) in [7, 11) is 0. The van der Waals surface area contributed by atoms with E-state index >= 15 is 0 Å². The lowest BCUT2D eigenvalue weighted by molar-refractivity contribution is -0.120. The first-order valence-corrected chi connectivity index (χ1v) is 8.09. The fourth-order valence-electron chi connectivity index (χ4n) is 3.08. The monoisotopic (exact) mass is 301 g/mol. The first-order chi connectivity index (χ1) is 10.7. The van der Waals surface area contributed by atoms with Crippen LogP contribution in [0.4, 0.5) is 5.69 Å². The zero-order chi connectivity index (χ0) is 15.5. The van der Waals surface area contributed by atoms with Gasteiger partial charge in [-0.05, 0) is 39.2 Å². The Morgan fingerprint density at radius 1 is 1.41 bits per heavy atom. The Balaban J connectivity index is 1.81. The van der Waals surface area contributed by atoms with E-state index in [1.165, 1.54) is 0 Å². The number of anilines is 1. The number of allylic oxidation sites excluding steroid dienone is 2. The van der Waals surface area contributed by atoms with Crippen LogP contribution in [0.3, 0.4) is 0 Å². The van der Waals surface area contributed by atoms with E-state index in [0.29, 0.717) is 12.3 Å². The van der Waals surface area contributed by atoms with Gasteiger partial charge in [-0.2, -0.15) is 0 Å². The van der Waals surface area contributed by atoms with Gasteiger partial charge in [-0.1, -0.05) is 12.2 Å². The van der Waals surface area contributed by atoms with E-state index in [4.69, 9.17) is 9.47 Å². The predicted octanol–water partition coefficient (Wildman–Crippen LogP) is 3.70. The number of carbonyl (C=O) groups excluding carboxylic acids is 1. The van der Waals surface area contributed by atoms with Gasteiger partial charge in [0, 0.05) is 24.0 Å². The molecule has 1 aliphatic heterocycles. The highest BCUT2D eigenvalue weighted by molar-refractivity contribution is 5.94. The number of ether oxygens (including phenoxy) is 2. The molecule has 1 heterocycles. The molecule has 22 heavy (non-hydrogen) atoms. The van der Waals surface area contributed by atoms with Gasteiger partial charge < -0.3 is 14.8 Å². The van der Waals surface area contributed by atoms with Crippen molar-refractivity contribution < 1.29 is 14.3 Å². The molecule has 0 saturated carbocycles. The summed E-state index contributed by atoms with van der Waals surface area (Å²) < 4.78 is 11.5. The molecule has 1 aliphatic carbocycles. The van der Waals surface area contributed by atoms with Crippen molar-refractivity contribution >= 4 is 11.6 Å². The summed E-state index contributed by atoms with van der Waals surface area (Å²) >= 11 is 0. The highest BCUT2D eigenvalue weighted by atomic mass is 16.5. The van der Waals surface area contributed by atoms with Gasteiger partial charge >= 0.3 is 0 Å². The Hall–Kier alpha value is -1.97. The SMILES string of the molecule is CCOc1cc2c(cc1NC(=O)C1CC=CCC1)OC(C)C2. The van der Waals surface area contributed by atoms with Gasteiger partial charge in [0.2, 0.25) is 5.91 Å². The average molecular weight is 301 g/mol. The Bertz CT molecular complexity index is 594. The molecular formula is C18H23NO3. The number of hydrogen-bond donors (Lipinski definition) is 1. The van der Waals surface area contributed by atoms with Gasteiger partial charge in [-0.25, -0.2) is 0 Å². The zero-order valence-corrected chi connectivity index (χ0v) is 13.2. The molecular weight excluding hydrogens is 278 g/mol. The maximum atomic E-state index is 12.4. The maximum Gasteiger partial charge on any atom is 0.227 e. The molecule has 2 atom stereocenters. The van der Waals surface area contributed by atoms with Crippen molar-refractivity contribution in [3.63, 3.8) is 0 Å². The summed E-state index contributed by atoms with van der Waals surface area (Å²) in [5.41, 5.74) is 1.86. The second-order valence-corrected chi connectivity index (χ2v) is 5.99. The molecule has 4 heteroatoms. The van der Waals surface area contributed by atoms with E-state index < -0.39 is 0 Å². The number of carbonyl (C=O) groups is 1. The molecule has 0 spiro atoms. The molecule has 118 valence electrons. The topological polar surface area (TPSA) is 47.6 Å². The van der Waals surface area contributed by atoms with Crippen molar-refractivity contribution in [1.29, 1.82) is 0 Å². The summed E-state index contributed by atoms with van der Waals surface area (Å²) in [5, 5.41) is 3.03. The maximum absolute atomic E-state index is 12.4. The molecule has 2 aliphatic rings. The summed E-state index contributed by atoms with van der Waals surface area (Å²) in [6, 6.07) is 3.90. The summed E-state index contributed by atoms with van der Waals surface area (Å²) in [6.45, 7) is 4.57. The van der Waals surface area contributed by atoms with Crippen LogP contribution in [0.5, 0.6) is 11.5 Å². The van der Waals surface area contributed by atoms with Crippen LogP contribution in [0.2, 0.25) is 0 Å². The van der Waals surface area contributed by atoms with Crippen molar-refractivity contribution in [3.8, 4) is 11.5 Å². The van der Waals surface area contributed by atoms with Crippen LogP contribution in [0.15, 0.2) is 24.3 Å². The van der Waals surface area contributed by atoms with E-state index in [1.54, 1.807) is 0 Å². The lowest BCUT2D eigenvalue weighted by Gasteiger charge is -2.19. The van der Waals surface area contributed by atoms with Crippen LogP contribution in [-0.4, -0.2) is 18.6 Å². The second-order valence-electron chi connectivity index (χ2n) is 5.99. The van der Waals surface area contributed by atoms with Crippen molar-refractivity contribution in [3.05, 3.63) is 29.8 Å². The van der Waals surface area contributed by atoms with E-state index in [9.17, 15) is 4.79 Å². The third-order valence-electron chi connectivity index (χ3n) is 4.20. The molecule has 2 unspecified atom stereocenters. The van der Waals surface area contributed by atoms with Crippen LogP contribution in [0.1, 0.15) is 38.7 Å². The molecule has 1 aromatic rings. The van der Waals surface area contributed by atoms with Crippen molar-refractivity contribution in [2.75, 3.05) is 11.9 Å². The fraction of sp³-hybridized carbons (Fsp3) is 0.500. The first kappa shape index (κ1) is 14.9. The molecule has 0 bridgehead atoms. The van der Waals surface area contributed by atoms with Gasteiger partial charge in [0.25, 0.3) is 0 Å². The van der Waals surface area contributed by atoms with E-state index in [-0.39, 0.29) is 17.9 Å². The van der Waals surface area contributed by atoms with Crippen molar-refractivity contribution in [2.45, 2.75) is 45.6 Å². The van der Waals surface area contributed by atoms with Crippen LogP contribution < -0.4 is 14.8 Å². The van der Waals surface area contributed by atoms with Crippen molar-refractivity contribution in [1.82, 2.24) is 0 Å². The minimum atomic E-state index is 0.0487. The highest BCUT2D eigenvalue weighted by Gasteiger charge is 2.24. The van der Waals surface area contributed by atoms with Crippen LogP contribution in [0.25, 0.3) is 0 Å². The molecule has 0 radical (unpaired) electrons. The smallest absolute Gasteiger partial charge is 0.227 e. The first-order valence-electron chi connectivity index (χ1n) is 8.09. The molecule has 0 saturated heterocycles. The summed E-state index contributed by atoms with van der Waals surface area (Å²) in [6.07, 6.45) is 7.99. The van der Waals surface area contributed by atoms with Gasteiger partial charge in [-0.3, -0.25) is 4.79 Å². The molecule has 0 aromatic heterocycles. The fourth-order valence-corrected chi connectivity index (χ4v) is 3.08. The molecule has 0 fully saturated rings. The number of amides is 1. The number of benzene rings is 1. The van der Waals surface area contributed by atoms with Crippen LogP contribution >= 0.6 is 0 Å². The lowest BCUT2D eigenvalue weighted by atomic mass is 9.93. The average Bonchev–Trinajstić information content (AvgIpc) is 2.87. The van der Waals surface area contributed by atoms with Gasteiger partial charge in [-0.15, -0.1) is 0 Å². The molecule has 1 aromatic carbocycles. The standard InChI is InChI=1S/C18H23NO3/c1-3-21-17-10-14-9-12(2)22-16(14)11-15(17)19-18(20)13-7-5-4-6-8-13/h4-5,10-13H,3,6-9H2,1-2H3,(H,19,20). The number of hydrogen-bond acceptors (Lipinski definition) is 3. The lowest BCUT2D eigenvalue weighted by Crippen LogP contribution is -2.23. The Labute approximate surface area is 131 Å². The number of nitrogens with one attached hydrogen (secondary N) is 1. The minimum Gasteiger partial charge on any atom is -0.492 e. The second kappa shape index (κ2) is 6.42. The largest absolute Gasteiger partial charge is 0.492 e. The van der Waals surface area contributed by atoms with E-state index in [0.717, 1.165) is 42.7 Å². The van der Waals surface area contributed by atoms with E-state index in [2.05, 4.69) is 17.5 Å². The zero-order valence-electron chi connectivity index (χ0n) is 13.2. The quantitative estimate of drug-likeness (QED) is 0.863. The Kier molecular flexibility index (Phi) is 4.36. The van der Waals surface area contributed by atoms with Crippen LogP contribution in [0, 0.1) is 5.92 Å². The van der Waals surface area contributed by atoms with Crippen LogP contribution in [-0.2, 0) is 11.2 Å². The molecule has 1 N–H and O–H groups in total. The van der Waals surface area contributed by atoms with Gasteiger partial charge in [0.15, 0.2) is 0 Å². The molecule has 3 rings (SSSR count). The predicted molar refractivity (Wildman–Crippen MR) is 86.5 cm³/mol. The highest BCUT2D eigenvalue weighted by Crippen LogP contribution is 2.38.